The summed E-state index contributed by atoms with van der Waals surface area (Å²) in [6.45, 7) is 7.40. The van der Waals surface area contributed by atoms with Crippen molar-refractivity contribution in [2.75, 3.05) is 16.8 Å². The number of carbonyl (C=O) groups is 1. The van der Waals surface area contributed by atoms with Gasteiger partial charge >= 0.3 is 0 Å². The summed E-state index contributed by atoms with van der Waals surface area (Å²) >= 11 is 0. The molecule has 1 amide bonds. The average molecular weight is 390 g/mol. The summed E-state index contributed by atoms with van der Waals surface area (Å²) in [7, 11) is 0. The second-order valence-electron chi connectivity index (χ2n) is 6.89. The van der Waals surface area contributed by atoms with Gasteiger partial charge in [0.15, 0.2) is 0 Å². The maximum atomic E-state index is 12.6. The van der Waals surface area contributed by atoms with Gasteiger partial charge in [-0.2, -0.15) is 0 Å². The predicted octanol–water partition coefficient (Wildman–Crippen LogP) is 4.54. The molecule has 150 valence electrons. The van der Waals surface area contributed by atoms with E-state index in [9.17, 15) is 4.79 Å². The van der Waals surface area contributed by atoms with E-state index in [1.165, 1.54) is 0 Å². The largest absolute Gasteiger partial charge is 0.491 e. The fourth-order valence-electron chi connectivity index (χ4n) is 2.84. The fraction of sp³-hybridized carbons (Fsp3) is 0.261. The normalized spacial score (nSPS) is 10.6. The van der Waals surface area contributed by atoms with Crippen LogP contribution in [-0.4, -0.2) is 28.5 Å². The van der Waals surface area contributed by atoms with Crippen molar-refractivity contribution in [3.8, 4) is 5.75 Å². The standard InChI is InChI=1S/C23H26N4O2/c1-4-27(16-18-8-6-5-7-9-18)23-24-15-14-21(26-23)22(28)25-19-10-12-20(13-11-19)29-17(2)3/h5-15,17H,4,16H2,1-3H3,(H,25,28). The molecule has 3 rings (SSSR count). The van der Waals surface area contributed by atoms with Gasteiger partial charge in [0.25, 0.3) is 5.91 Å². The van der Waals surface area contributed by atoms with Crippen LogP contribution in [0.2, 0.25) is 0 Å². The molecule has 0 saturated carbocycles. The van der Waals surface area contributed by atoms with Crippen molar-refractivity contribution >= 4 is 17.5 Å². The molecular formula is C23H26N4O2. The molecular weight excluding hydrogens is 364 g/mol. The number of carbonyl (C=O) groups excluding carboxylic acids is 1. The van der Waals surface area contributed by atoms with Gasteiger partial charge in [0.05, 0.1) is 6.10 Å². The van der Waals surface area contributed by atoms with Gasteiger partial charge in [-0.15, -0.1) is 0 Å². The number of benzene rings is 2. The number of anilines is 2. The highest BCUT2D eigenvalue weighted by Gasteiger charge is 2.13. The van der Waals surface area contributed by atoms with E-state index in [1.807, 2.05) is 68.1 Å². The van der Waals surface area contributed by atoms with Gasteiger partial charge in [-0.25, -0.2) is 9.97 Å². The van der Waals surface area contributed by atoms with Crippen LogP contribution in [0.5, 0.6) is 5.75 Å². The molecule has 0 fully saturated rings. The second kappa shape index (κ2) is 9.68. The maximum Gasteiger partial charge on any atom is 0.274 e. The van der Waals surface area contributed by atoms with E-state index in [4.69, 9.17) is 4.74 Å². The number of hydrogen-bond donors (Lipinski definition) is 1. The first-order chi connectivity index (χ1) is 14.0. The van der Waals surface area contributed by atoms with Crippen LogP contribution in [0.25, 0.3) is 0 Å². The molecule has 0 spiro atoms. The number of aromatic nitrogens is 2. The number of rotatable bonds is 8. The molecule has 29 heavy (non-hydrogen) atoms. The van der Waals surface area contributed by atoms with Crippen LogP contribution >= 0.6 is 0 Å². The minimum Gasteiger partial charge on any atom is -0.491 e. The first-order valence-electron chi connectivity index (χ1n) is 9.75. The highest BCUT2D eigenvalue weighted by atomic mass is 16.5. The van der Waals surface area contributed by atoms with Gasteiger partial charge in [0, 0.05) is 25.0 Å². The number of nitrogens with one attached hydrogen (secondary N) is 1. The van der Waals surface area contributed by atoms with E-state index in [0.29, 0.717) is 23.9 Å². The molecule has 1 heterocycles. The lowest BCUT2D eigenvalue weighted by molar-refractivity contribution is 0.102. The molecule has 0 bridgehead atoms. The molecule has 0 atom stereocenters. The Kier molecular flexibility index (Phi) is 6.79. The van der Waals surface area contributed by atoms with Crippen LogP contribution in [0, 0.1) is 0 Å². The van der Waals surface area contributed by atoms with Crippen LogP contribution in [0.3, 0.4) is 0 Å². The maximum absolute atomic E-state index is 12.6. The monoisotopic (exact) mass is 390 g/mol. The van der Waals surface area contributed by atoms with E-state index in [0.717, 1.165) is 17.9 Å². The minimum absolute atomic E-state index is 0.104. The number of ether oxygens (including phenoxy) is 1. The average Bonchev–Trinajstić information content (AvgIpc) is 2.74. The fourth-order valence-corrected chi connectivity index (χ4v) is 2.84. The van der Waals surface area contributed by atoms with E-state index < -0.39 is 0 Å². The van der Waals surface area contributed by atoms with Gasteiger partial charge in [0.1, 0.15) is 11.4 Å². The third-order valence-corrected chi connectivity index (χ3v) is 4.24. The highest BCUT2D eigenvalue weighted by molar-refractivity contribution is 6.03. The van der Waals surface area contributed by atoms with Crippen LogP contribution < -0.4 is 15.0 Å². The van der Waals surface area contributed by atoms with E-state index in [2.05, 4.69) is 27.4 Å². The van der Waals surface area contributed by atoms with E-state index in [1.54, 1.807) is 12.3 Å². The smallest absolute Gasteiger partial charge is 0.274 e. The Hall–Kier alpha value is -3.41. The molecule has 3 aromatic rings. The lowest BCUT2D eigenvalue weighted by atomic mass is 10.2. The Bertz CT molecular complexity index is 927. The Balaban J connectivity index is 1.70. The van der Waals surface area contributed by atoms with Crippen molar-refractivity contribution in [3.05, 3.63) is 78.1 Å². The molecule has 6 heteroatoms. The highest BCUT2D eigenvalue weighted by Crippen LogP contribution is 2.18. The predicted molar refractivity (Wildman–Crippen MR) is 115 cm³/mol. The Morgan fingerprint density at radius 1 is 1.07 bits per heavy atom. The summed E-state index contributed by atoms with van der Waals surface area (Å²) in [5.41, 5.74) is 2.17. The van der Waals surface area contributed by atoms with Gasteiger partial charge in [-0.05, 0) is 56.7 Å². The van der Waals surface area contributed by atoms with Crippen molar-refractivity contribution in [2.45, 2.75) is 33.4 Å². The van der Waals surface area contributed by atoms with Gasteiger partial charge in [-0.1, -0.05) is 30.3 Å². The van der Waals surface area contributed by atoms with E-state index >= 15 is 0 Å². The first kappa shape index (κ1) is 20.3. The molecule has 0 aliphatic heterocycles. The quantitative estimate of drug-likeness (QED) is 0.611. The van der Waals surface area contributed by atoms with Crippen LogP contribution in [0.4, 0.5) is 11.6 Å². The lowest BCUT2D eigenvalue weighted by Crippen LogP contribution is -2.25. The third-order valence-electron chi connectivity index (χ3n) is 4.24. The van der Waals surface area contributed by atoms with Gasteiger partial charge < -0.3 is 15.0 Å². The number of amides is 1. The topological polar surface area (TPSA) is 67.4 Å². The van der Waals surface area contributed by atoms with Crippen molar-refractivity contribution in [1.82, 2.24) is 9.97 Å². The summed E-state index contributed by atoms with van der Waals surface area (Å²) in [6, 6.07) is 19.0. The molecule has 0 aliphatic rings. The zero-order valence-corrected chi connectivity index (χ0v) is 17.0. The van der Waals surface area contributed by atoms with Gasteiger partial charge in [0.2, 0.25) is 5.95 Å². The minimum atomic E-state index is -0.276. The summed E-state index contributed by atoms with van der Waals surface area (Å²) in [5, 5.41) is 2.87. The zero-order valence-electron chi connectivity index (χ0n) is 17.0. The Morgan fingerprint density at radius 3 is 2.45 bits per heavy atom. The molecule has 0 saturated heterocycles. The van der Waals surface area contributed by atoms with Crippen molar-refractivity contribution in [2.24, 2.45) is 0 Å². The second-order valence-corrected chi connectivity index (χ2v) is 6.89. The zero-order chi connectivity index (χ0) is 20.6. The Morgan fingerprint density at radius 2 is 1.79 bits per heavy atom. The van der Waals surface area contributed by atoms with Crippen LogP contribution in [0.15, 0.2) is 66.9 Å². The summed E-state index contributed by atoms with van der Waals surface area (Å²) in [5.74, 6) is 1.02. The molecule has 1 aromatic heterocycles. The van der Waals surface area contributed by atoms with Crippen molar-refractivity contribution in [3.63, 3.8) is 0 Å². The van der Waals surface area contributed by atoms with E-state index in [-0.39, 0.29) is 12.0 Å². The first-order valence-corrected chi connectivity index (χ1v) is 9.75. The molecule has 6 nitrogen and oxygen atoms in total. The summed E-state index contributed by atoms with van der Waals surface area (Å²) in [6.07, 6.45) is 1.72. The molecule has 0 aliphatic carbocycles. The third kappa shape index (κ3) is 5.78. The summed E-state index contributed by atoms with van der Waals surface area (Å²) < 4.78 is 5.62. The lowest BCUT2D eigenvalue weighted by Gasteiger charge is -2.21. The van der Waals surface area contributed by atoms with Crippen molar-refractivity contribution in [1.29, 1.82) is 0 Å². The summed E-state index contributed by atoms with van der Waals surface area (Å²) in [4.78, 5) is 23.5. The molecule has 0 radical (unpaired) electrons. The SMILES string of the molecule is CCN(Cc1ccccc1)c1nccc(C(=O)Nc2ccc(OC(C)C)cc2)n1. The number of hydrogen-bond acceptors (Lipinski definition) is 5. The van der Waals surface area contributed by atoms with Crippen LogP contribution in [-0.2, 0) is 6.54 Å². The molecule has 2 aromatic carbocycles. The molecule has 0 unspecified atom stereocenters. The van der Waals surface area contributed by atoms with Crippen LogP contribution in [0.1, 0.15) is 36.8 Å². The number of nitrogens with zero attached hydrogens (tertiary/aromatic N) is 3. The molecule has 1 N–H and O–H groups in total. The van der Waals surface area contributed by atoms with Crippen molar-refractivity contribution < 1.29 is 9.53 Å². The van der Waals surface area contributed by atoms with Gasteiger partial charge in [-0.3, -0.25) is 4.79 Å². The Labute approximate surface area is 171 Å².